The number of aromatic nitrogens is 2. The highest BCUT2D eigenvalue weighted by Crippen LogP contribution is 2.66. The number of nitrogens with one attached hydrogen (secondary N) is 6. The Morgan fingerprint density at radius 2 is 1.39 bits per heavy atom. The molecule has 0 radical (unpaired) electrons. The van der Waals surface area contributed by atoms with Gasteiger partial charge in [0.05, 0.1) is 43.4 Å². The molecule has 36 nitrogen and oxygen atoms in total. The molecule has 0 spiro atoms. The van der Waals surface area contributed by atoms with Crippen molar-refractivity contribution in [3.63, 3.8) is 0 Å². The van der Waals surface area contributed by atoms with Gasteiger partial charge in [-0.05, 0) is 137 Å². The van der Waals surface area contributed by atoms with Gasteiger partial charge in [-0.15, -0.1) is 0 Å². The number of aliphatic carboxylic acids is 3. The molecule has 7 unspecified atom stereocenters. The van der Waals surface area contributed by atoms with E-state index >= 15 is 0 Å². The second-order valence-corrected chi connectivity index (χ2v) is 34.5. The number of hydrogen-bond donors (Lipinski definition) is 14. The summed E-state index contributed by atoms with van der Waals surface area (Å²) in [5, 5.41) is 43.1. The lowest BCUT2D eigenvalue weighted by Gasteiger charge is -2.38. The second kappa shape index (κ2) is 46.4. The number of nitrogens with two attached hydrogens (primary N) is 1. The number of phosphoric acid groups is 3. The van der Waals surface area contributed by atoms with E-state index in [-0.39, 0.29) is 111 Å². The first-order valence-corrected chi connectivity index (χ1v) is 44.3. The van der Waals surface area contributed by atoms with Crippen LogP contribution in [0.2, 0.25) is 0 Å². The number of rotatable bonds is 48. The number of phosphoric ester groups is 1. The Morgan fingerprint density at radius 3 is 2.06 bits per heavy atom. The van der Waals surface area contributed by atoms with Crippen LogP contribution in [-0.2, 0) is 87.6 Å². The predicted octanol–water partition coefficient (Wildman–Crippen LogP) is 6.17. The first-order valence-electron chi connectivity index (χ1n) is 37.3. The van der Waals surface area contributed by atoms with Crippen molar-refractivity contribution in [3.05, 3.63) is 115 Å². The van der Waals surface area contributed by atoms with Crippen molar-refractivity contribution in [2.75, 3.05) is 63.6 Å². The van der Waals surface area contributed by atoms with Gasteiger partial charge in [-0.2, -0.15) is 13.6 Å². The number of nitrogen functional groups attached to an aromatic ring is 1. The van der Waals surface area contributed by atoms with Gasteiger partial charge in [0.1, 0.15) is 30.2 Å². The van der Waals surface area contributed by atoms with Crippen LogP contribution in [0.1, 0.15) is 192 Å². The number of benzene rings is 2. The van der Waals surface area contributed by atoms with Crippen LogP contribution in [0.25, 0.3) is 0 Å². The van der Waals surface area contributed by atoms with Crippen molar-refractivity contribution in [1.82, 2.24) is 46.4 Å². The zero-order valence-electron chi connectivity index (χ0n) is 64.0. The summed E-state index contributed by atoms with van der Waals surface area (Å²) in [6.45, 7) is 9.13. The van der Waals surface area contributed by atoms with Crippen LogP contribution in [0.5, 0.6) is 0 Å². The highest BCUT2D eigenvalue weighted by atomic mass is 33.1. The molecule has 1 aromatic heterocycles. The Bertz CT molecular complexity index is 4330. The number of nitrogens with zero attached hydrogens (tertiary/aromatic N) is 4. The van der Waals surface area contributed by atoms with Crippen molar-refractivity contribution < 1.29 is 114 Å². The number of hydrogen-bond acceptors (Lipinski definition) is 23. The van der Waals surface area contributed by atoms with Crippen molar-refractivity contribution in [2.24, 2.45) is 10.9 Å². The van der Waals surface area contributed by atoms with Crippen LogP contribution in [-0.4, -0.2) is 196 Å². The summed E-state index contributed by atoms with van der Waals surface area (Å²) in [7, 11) is -12.2. The maximum absolute atomic E-state index is 14.5. The van der Waals surface area contributed by atoms with Crippen LogP contribution < -0.4 is 43.3 Å². The molecule has 15 N–H and O–H groups in total. The molecule has 7 amide bonds. The number of amides is 7. The van der Waals surface area contributed by atoms with E-state index in [2.05, 4.69) is 108 Å². The standard InChI is InChI=1S/C73H102N11O25P3S2/c1-6-19-47-38-49-39-50-40-57(75-7-2)46(4)37-55(50)67(54(49)36-45(47)3)52-21-12-13-22-53(52)71(95)83(5)33-17-26-60(85)76-30-14-8-10-24-62(87)79-56(69(93)78-31-15-9-11-25-63(88)80-58(41-65(89)90)70(94)81-59(72(96)97)42-66(91)92)23-18-34-113-114-35-29-61(86)77-32-16-20-48-43-84(73(98)82-68(48)74)64-28-27-51(107-64)44-106-111(102,103)109-112(104,105)108-110(99,100)101/h12-13,21-22,36-38,40,43,51,55-56,58-59,64,67H,6-11,14-15,17-19,23-35,39,41-42,44H2,1-5H3,(H,76,85)(H,77,86)(H,78,93)(H,79,87)(H,80,88)(H,81,94)(H,89,90)(H,91,92)(H,96,97)(H,102,103)(H,104,105)(H2,74,82,98)(H2,99,100,101)/t51-,55?,56?,58?,59?,64+,67?/m0/s1. The molecule has 626 valence electrons. The molecule has 9 atom stereocenters. The van der Waals surface area contributed by atoms with E-state index in [4.69, 9.17) is 30.4 Å². The number of anilines is 1. The van der Waals surface area contributed by atoms with E-state index in [0.29, 0.717) is 81.6 Å². The van der Waals surface area contributed by atoms with Crippen LogP contribution in [0.3, 0.4) is 0 Å². The minimum atomic E-state index is -5.75. The lowest BCUT2D eigenvalue weighted by molar-refractivity contribution is -0.148. The minimum absolute atomic E-state index is 0.0431. The molecule has 3 aliphatic rings. The van der Waals surface area contributed by atoms with Crippen LogP contribution in [0.15, 0.2) is 75.7 Å². The van der Waals surface area contributed by atoms with Gasteiger partial charge in [-0.3, -0.25) is 57.2 Å². The molecule has 1 fully saturated rings. The third-order valence-electron chi connectivity index (χ3n) is 18.4. The summed E-state index contributed by atoms with van der Waals surface area (Å²) >= 11 is 0. The van der Waals surface area contributed by atoms with Crippen molar-refractivity contribution in [3.8, 4) is 11.8 Å². The molecule has 0 saturated carbocycles. The topological polar surface area (TPSA) is 549 Å². The fraction of sp³-hybridized carbons (Fsp3) is 0.548. The molecule has 114 heavy (non-hydrogen) atoms. The quantitative estimate of drug-likeness (QED) is 0.0130. The Labute approximate surface area is 667 Å². The highest BCUT2D eigenvalue weighted by molar-refractivity contribution is 8.76. The molecule has 1 aliphatic heterocycles. The smallest absolute Gasteiger partial charge is 0.481 e. The number of allylic oxidation sites excluding steroid dienone is 4. The molecule has 2 aromatic carbocycles. The van der Waals surface area contributed by atoms with Crippen molar-refractivity contribution in [2.45, 2.75) is 192 Å². The molecular formula is C73H102N11O25P3S2. The number of fused-ring (bicyclic) bond motifs is 2. The minimum Gasteiger partial charge on any atom is -0.481 e. The molecule has 41 heteroatoms. The summed E-state index contributed by atoms with van der Waals surface area (Å²) in [5.74, 6) is -2.10. The van der Waals surface area contributed by atoms with Gasteiger partial charge < -0.3 is 82.2 Å². The maximum Gasteiger partial charge on any atom is 0.490 e. The number of aliphatic imine (C=N–C) groups is 1. The lowest BCUT2D eigenvalue weighted by atomic mass is 9.65. The fourth-order valence-corrected chi connectivity index (χ4v) is 18.1. The SMILES string of the molecule is CCCc1cc2c(cc1C)C(c1ccccc1C(=O)N(C)CCCC(=O)NCCCCCC(=O)NC(CCCSSCCC(=O)NCC#Cc1cn([C@H]3CC[C@@H](COP(=O)(O)OP(=O)(O)OP(=O)(O)O)O3)c(=O)nc1N)C(=O)NCCCCCC(=O)NC(CC(=O)O)C(=O)NC(CC(=O)O)C(=O)O)C1C=C(C)C(=NCC)C=C1C2. The normalized spacial score (nSPS) is 17.9. The molecular weight excluding hydrogens is 1590 g/mol. The molecule has 1 saturated heterocycles. The van der Waals surface area contributed by atoms with Crippen LogP contribution in [0.4, 0.5) is 5.82 Å². The molecule has 0 bridgehead atoms. The average molecular weight is 1690 g/mol. The van der Waals surface area contributed by atoms with Gasteiger partial charge in [0, 0.05) is 94.0 Å². The number of unbranched alkanes of at least 4 members (excludes halogenated alkanes) is 4. The first-order chi connectivity index (χ1) is 54.0. The number of carbonyl (C=O) groups is 10. The predicted molar refractivity (Wildman–Crippen MR) is 422 cm³/mol. The van der Waals surface area contributed by atoms with E-state index in [1.807, 2.05) is 30.4 Å². The van der Waals surface area contributed by atoms with Gasteiger partial charge in [-0.1, -0.05) is 102 Å². The molecule has 6 rings (SSSR count). The highest BCUT2D eigenvalue weighted by Gasteiger charge is 2.43. The number of aryl methyl sites for hydroxylation is 2. The summed E-state index contributed by atoms with van der Waals surface area (Å²) in [6, 6.07) is 7.98. The maximum atomic E-state index is 14.5. The molecule has 2 aliphatic carbocycles. The van der Waals surface area contributed by atoms with E-state index in [1.54, 1.807) is 11.9 Å². The lowest BCUT2D eigenvalue weighted by Crippen LogP contribution is -2.52. The van der Waals surface area contributed by atoms with Gasteiger partial charge in [0.2, 0.25) is 35.4 Å². The van der Waals surface area contributed by atoms with Crippen molar-refractivity contribution >= 4 is 116 Å². The van der Waals surface area contributed by atoms with E-state index < -0.39 is 115 Å². The van der Waals surface area contributed by atoms with E-state index in [9.17, 15) is 86.4 Å². The largest absolute Gasteiger partial charge is 0.490 e. The number of carbonyl (C=O) groups excluding carboxylic acids is 7. The zero-order chi connectivity index (χ0) is 83.9. The van der Waals surface area contributed by atoms with Crippen LogP contribution in [0, 0.1) is 24.7 Å². The summed E-state index contributed by atoms with van der Waals surface area (Å²) in [4.78, 5) is 187. The average Bonchev–Trinajstić information content (AvgIpc) is 0.821. The van der Waals surface area contributed by atoms with Crippen LogP contribution >= 0.6 is 45.1 Å². The fourth-order valence-electron chi connectivity index (χ4n) is 12.9. The Balaban J connectivity index is 0.940. The van der Waals surface area contributed by atoms with Gasteiger partial charge in [0.15, 0.2) is 0 Å². The summed E-state index contributed by atoms with van der Waals surface area (Å²) < 4.78 is 53.5. The van der Waals surface area contributed by atoms with Gasteiger partial charge in [0.25, 0.3) is 5.91 Å². The Kier molecular flexibility index (Phi) is 38.4. The Morgan fingerprint density at radius 1 is 0.746 bits per heavy atom. The van der Waals surface area contributed by atoms with Gasteiger partial charge >= 0.3 is 47.1 Å². The number of ether oxygens (including phenoxy) is 1. The summed E-state index contributed by atoms with van der Waals surface area (Å²) in [5.41, 5.74) is 15.2. The third-order valence-corrected chi connectivity index (χ3v) is 24.7. The third kappa shape index (κ3) is 32.0. The van der Waals surface area contributed by atoms with E-state index in [1.165, 1.54) is 55.6 Å². The molecule has 3 aromatic rings. The van der Waals surface area contributed by atoms with E-state index in [0.717, 1.165) is 40.7 Å². The monoisotopic (exact) mass is 1690 g/mol. The first kappa shape index (κ1) is 94.5. The summed E-state index contributed by atoms with van der Waals surface area (Å²) in [6.07, 6.45) is 8.81. The van der Waals surface area contributed by atoms with Gasteiger partial charge in [-0.25, -0.2) is 23.3 Å². The Hall–Kier alpha value is -8.40. The second-order valence-electron chi connectivity index (χ2n) is 27.4. The van der Waals surface area contributed by atoms with Crippen molar-refractivity contribution in [1.29, 1.82) is 0 Å². The number of carboxylic acids is 3. The molecule has 2 heterocycles. The zero-order valence-corrected chi connectivity index (χ0v) is 68.4. The number of carboxylic acid groups (broad SMARTS) is 3.